The Balaban J connectivity index is 1.70. The SMILES string of the molecule is NNC(CC1CCOCC1)CC1CCOC1. The summed E-state index contributed by atoms with van der Waals surface area (Å²) < 4.78 is 10.8. The summed E-state index contributed by atoms with van der Waals surface area (Å²) in [7, 11) is 0. The van der Waals surface area contributed by atoms with Crippen molar-refractivity contribution >= 4 is 0 Å². The predicted molar refractivity (Wildman–Crippen MR) is 62.8 cm³/mol. The molecule has 0 amide bonds. The van der Waals surface area contributed by atoms with Crippen LogP contribution in [0.3, 0.4) is 0 Å². The second-order valence-electron chi connectivity index (χ2n) is 5.12. The molecule has 0 spiro atoms. The van der Waals surface area contributed by atoms with Crippen LogP contribution in [-0.2, 0) is 9.47 Å². The first-order valence-electron chi connectivity index (χ1n) is 6.50. The summed E-state index contributed by atoms with van der Waals surface area (Å²) in [5.41, 5.74) is 2.98. The summed E-state index contributed by atoms with van der Waals surface area (Å²) in [6, 6.07) is 0.454. The van der Waals surface area contributed by atoms with Crippen molar-refractivity contribution in [1.82, 2.24) is 5.43 Å². The zero-order valence-corrected chi connectivity index (χ0v) is 9.99. The fourth-order valence-corrected chi connectivity index (χ4v) is 2.79. The lowest BCUT2D eigenvalue weighted by Gasteiger charge is -2.27. The second kappa shape index (κ2) is 6.55. The van der Waals surface area contributed by atoms with Gasteiger partial charge in [-0.3, -0.25) is 11.3 Å². The third kappa shape index (κ3) is 3.70. The molecule has 0 aromatic carbocycles. The number of hydrogen-bond acceptors (Lipinski definition) is 4. The first-order valence-corrected chi connectivity index (χ1v) is 6.50. The van der Waals surface area contributed by atoms with Crippen LogP contribution in [0, 0.1) is 11.8 Å². The van der Waals surface area contributed by atoms with Crippen molar-refractivity contribution in [3.8, 4) is 0 Å². The minimum atomic E-state index is 0.454. The van der Waals surface area contributed by atoms with Gasteiger partial charge < -0.3 is 9.47 Å². The van der Waals surface area contributed by atoms with Crippen molar-refractivity contribution in [1.29, 1.82) is 0 Å². The number of hydrogen-bond donors (Lipinski definition) is 2. The quantitative estimate of drug-likeness (QED) is 0.546. The molecule has 94 valence electrons. The standard InChI is InChI=1S/C12H24N2O2/c13-14-12(8-11-3-6-16-9-11)7-10-1-4-15-5-2-10/h10-12,14H,1-9,13H2. The largest absolute Gasteiger partial charge is 0.381 e. The number of rotatable bonds is 5. The summed E-state index contributed by atoms with van der Waals surface area (Å²) >= 11 is 0. The predicted octanol–water partition coefficient (Wildman–Crippen LogP) is 1.06. The number of nitrogens with two attached hydrogens (primary N) is 1. The minimum absolute atomic E-state index is 0.454. The Hall–Kier alpha value is -0.160. The van der Waals surface area contributed by atoms with Crippen LogP contribution in [0.2, 0.25) is 0 Å². The van der Waals surface area contributed by atoms with Gasteiger partial charge in [0.2, 0.25) is 0 Å². The molecule has 3 N–H and O–H groups in total. The van der Waals surface area contributed by atoms with E-state index in [9.17, 15) is 0 Å². The first-order chi connectivity index (χ1) is 7.88. The molecule has 4 heteroatoms. The maximum atomic E-state index is 5.65. The zero-order chi connectivity index (χ0) is 11.2. The smallest absolute Gasteiger partial charge is 0.0495 e. The lowest BCUT2D eigenvalue weighted by Crippen LogP contribution is -2.39. The highest BCUT2D eigenvalue weighted by molar-refractivity contribution is 4.77. The van der Waals surface area contributed by atoms with Crippen molar-refractivity contribution in [2.24, 2.45) is 17.7 Å². The van der Waals surface area contributed by atoms with Crippen LogP contribution < -0.4 is 11.3 Å². The van der Waals surface area contributed by atoms with Gasteiger partial charge >= 0.3 is 0 Å². The van der Waals surface area contributed by atoms with Crippen LogP contribution >= 0.6 is 0 Å². The molecule has 2 heterocycles. The highest BCUT2D eigenvalue weighted by atomic mass is 16.5. The van der Waals surface area contributed by atoms with Crippen LogP contribution in [0.25, 0.3) is 0 Å². The van der Waals surface area contributed by atoms with E-state index in [0.29, 0.717) is 12.0 Å². The maximum Gasteiger partial charge on any atom is 0.0495 e. The van der Waals surface area contributed by atoms with Gasteiger partial charge in [0.25, 0.3) is 0 Å². The molecule has 2 rings (SSSR count). The molecule has 0 saturated carbocycles. The lowest BCUT2D eigenvalue weighted by molar-refractivity contribution is 0.0593. The molecule has 2 atom stereocenters. The average molecular weight is 228 g/mol. The lowest BCUT2D eigenvalue weighted by atomic mass is 9.88. The molecular formula is C12H24N2O2. The van der Waals surface area contributed by atoms with E-state index in [0.717, 1.165) is 38.8 Å². The number of ether oxygens (including phenoxy) is 2. The van der Waals surface area contributed by atoms with Crippen LogP contribution in [0.1, 0.15) is 32.1 Å². The topological polar surface area (TPSA) is 56.5 Å². The highest BCUT2D eigenvalue weighted by Gasteiger charge is 2.23. The Morgan fingerprint density at radius 1 is 1.00 bits per heavy atom. The zero-order valence-electron chi connectivity index (χ0n) is 9.99. The maximum absolute atomic E-state index is 5.65. The molecule has 0 radical (unpaired) electrons. The van der Waals surface area contributed by atoms with E-state index in [-0.39, 0.29) is 0 Å². The molecule has 0 bridgehead atoms. The van der Waals surface area contributed by atoms with E-state index < -0.39 is 0 Å². The van der Waals surface area contributed by atoms with Crippen molar-refractivity contribution < 1.29 is 9.47 Å². The van der Waals surface area contributed by atoms with Crippen molar-refractivity contribution in [3.63, 3.8) is 0 Å². The van der Waals surface area contributed by atoms with Gasteiger partial charge in [-0.05, 0) is 43.9 Å². The summed E-state index contributed by atoms with van der Waals surface area (Å²) in [4.78, 5) is 0. The minimum Gasteiger partial charge on any atom is -0.381 e. The van der Waals surface area contributed by atoms with Crippen LogP contribution in [-0.4, -0.2) is 32.5 Å². The molecule has 0 aliphatic carbocycles. The number of hydrazine groups is 1. The molecule has 4 nitrogen and oxygen atoms in total. The van der Waals surface area contributed by atoms with E-state index in [1.807, 2.05) is 0 Å². The van der Waals surface area contributed by atoms with Gasteiger partial charge in [0.1, 0.15) is 0 Å². The molecule has 2 fully saturated rings. The van der Waals surface area contributed by atoms with Gasteiger partial charge in [-0.15, -0.1) is 0 Å². The second-order valence-corrected chi connectivity index (χ2v) is 5.12. The Morgan fingerprint density at radius 2 is 1.62 bits per heavy atom. The van der Waals surface area contributed by atoms with Gasteiger partial charge in [-0.25, -0.2) is 0 Å². The van der Waals surface area contributed by atoms with E-state index in [1.165, 1.54) is 25.7 Å². The van der Waals surface area contributed by atoms with Gasteiger partial charge in [0, 0.05) is 32.5 Å². The summed E-state index contributed by atoms with van der Waals surface area (Å²) in [6.45, 7) is 3.70. The third-order valence-electron chi connectivity index (χ3n) is 3.84. The summed E-state index contributed by atoms with van der Waals surface area (Å²) in [6.07, 6.45) is 5.94. The summed E-state index contributed by atoms with van der Waals surface area (Å²) in [5.74, 6) is 7.14. The van der Waals surface area contributed by atoms with Crippen molar-refractivity contribution in [2.75, 3.05) is 26.4 Å². The first kappa shape index (κ1) is 12.3. The molecule has 16 heavy (non-hydrogen) atoms. The van der Waals surface area contributed by atoms with E-state index in [4.69, 9.17) is 15.3 Å². The fourth-order valence-electron chi connectivity index (χ4n) is 2.79. The molecular weight excluding hydrogens is 204 g/mol. The van der Waals surface area contributed by atoms with Crippen LogP contribution in [0.5, 0.6) is 0 Å². The van der Waals surface area contributed by atoms with Gasteiger partial charge in [-0.1, -0.05) is 0 Å². The van der Waals surface area contributed by atoms with Crippen LogP contribution in [0.15, 0.2) is 0 Å². The van der Waals surface area contributed by atoms with Crippen molar-refractivity contribution in [2.45, 2.75) is 38.1 Å². The van der Waals surface area contributed by atoms with E-state index in [1.54, 1.807) is 0 Å². The van der Waals surface area contributed by atoms with E-state index >= 15 is 0 Å². The third-order valence-corrected chi connectivity index (χ3v) is 3.84. The van der Waals surface area contributed by atoms with E-state index in [2.05, 4.69) is 5.43 Å². The van der Waals surface area contributed by atoms with Gasteiger partial charge in [0.05, 0.1) is 0 Å². The Labute approximate surface area is 97.8 Å². The monoisotopic (exact) mass is 228 g/mol. The van der Waals surface area contributed by atoms with Crippen LogP contribution in [0.4, 0.5) is 0 Å². The molecule has 2 unspecified atom stereocenters. The Kier molecular flexibility index (Phi) is 5.03. The Morgan fingerprint density at radius 3 is 2.25 bits per heavy atom. The van der Waals surface area contributed by atoms with Gasteiger partial charge in [0.15, 0.2) is 0 Å². The molecule has 0 aromatic heterocycles. The normalized spacial score (nSPS) is 29.4. The number of nitrogens with one attached hydrogen (secondary N) is 1. The van der Waals surface area contributed by atoms with Gasteiger partial charge in [-0.2, -0.15) is 0 Å². The summed E-state index contributed by atoms with van der Waals surface area (Å²) in [5, 5.41) is 0. The molecule has 2 saturated heterocycles. The fraction of sp³-hybridized carbons (Fsp3) is 1.00. The average Bonchev–Trinajstić information content (AvgIpc) is 2.82. The Bertz CT molecular complexity index is 189. The highest BCUT2D eigenvalue weighted by Crippen LogP contribution is 2.25. The molecule has 0 aromatic rings. The molecule has 2 aliphatic heterocycles. The van der Waals surface area contributed by atoms with Crippen molar-refractivity contribution in [3.05, 3.63) is 0 Å². The molecule has 2 aliphatic rings.